The van der Waals surface area contributed by atoms with Crippen molar-refractivity contribution in [2.45, 2.75) is 13.8 Å². The Hall–Kier alpha value is -3.06. The predicted octanol–water partition coefficient (Wildman–Crippen LogP) is 4.68. The summed E-state index contributed by atoms with van der Waals surface area (Å²) < 4.78 is 11.0. The summed E-state index contributed by atoms with van der Waals surface area (Å²) in [6, 6.07) is 14.1. The monoisotopic (exact) mass is 304 g/mol. The zero-order valence-corrected chi connectivity index (χ0v) is 13.3. The molecule has 3 rings (SSSR count). The van der Waals surface area contributed by atoms with Gasteiger partial charge in [-0.3, -0.25) is 0 Å². The van der Waals surface area contributed by atoms with Crippen molar-refractivity contribution in [3.63, 3.8) is 0 Å². The second-order valence-electron chi connectivity index (χ2n) is 5.24. The van der Waals surface area contributed by atoms with Gasteiger partial charge >= 0.3 is 0 Å². The van der Waals surface area contributed by atoms with Crippen molar-refractivity contribution in [3.8, 4) is 11.8 Å². The lowest BCUT2D eigenvalue weighted by molar-refractivity contribution is 0.415. The molecule has 0 spiro atoms. The molecule has 0 saturated carbocycles. The number of aliphatic imine (C=N–C) groups is 1. The molecule has 4 heteroatoms. The summed E-state index contributed by atoms with van der Waals surface area (Å²) in [6.07, 6.45) is 1.69. The number of ether oxygens (including phenoxy) is 1. The Morgan fingerprint density at radius 3 is 2.70 bits per heavy atom. The first-order valence-corrected chi connectivity index (χ1v) is 7.25. The molecule has 114 valence electrons. The van der Waals surface area contributed by atoms with Crippen molar-refractivity contribution in [2.24, 2.45) is 4.99 Å². The molecule has 0 aliphatic carbocycles. The van der Waals surface area contributed by atoms with Gasteiger partial charge in [-0.25, -0.2) is 4.99 Å². The SMILES string of the molecule is COc1ccc2ccccc2c1C=Nc1oc(C)c(C)c1C#N. The third kappa shape index (κ3) is 2.58. The highest BCUT2D eigenvalue weighted by Crippen LogP contribution is 2.30. The maximum absolute atomic E-state index is 9.27. The van der Waals surface area contributed by atoms with Gasteiger partial charge in [0.15, 0.2) is 0 Å². The highest BCUT2D eigenvalue weighted by atomic mass is 16.5. The van der Waals surface area contributed by atoms with Gasteiger partial charge in [0.05, 0.1) is 7.11 Å². The van der Waals surface area contributed by atoms with Gasteiger partial charge in [-0.2, -0.15) is 5.26 Å². The molecule has 1 aromatic heterocycles. The number of aryl methyl sites for hydroxylation is 1. The molecular formula is C19H16N2O2. The summed E-state index contributed by atoms with van der Waals surface area (Å²) in [5.41, 5.74) is 2.16. The molecule has 0 unspecified atom stereocenters. The molecule has 0 amide bonds. The minimum atomic E-state index is 0.331. The molecule has 0 bridgehead atoms. The first-order chi connectivity index (χ1) is 11.2. The van der Waals surface area contributed by atoms with Gasteiger partial charge in [0.25, 0.3) is 0 Å². The van der Waals surface area contributed by atoms with Crippen LogP contribution in [0.15, 0.2) is 45.8 Å². The van der Waals surface area contributed by atoms with Gasteiger partial charge in [-0.1, -0.05) is 30.3 Å². The highest BCUT2D eigenvalue weighted by molar-refractivity contribution is 6.03. The minimum Gasteiger partial charge on any atom is -0.496 e. The topological polar surface area (TPSA) is 58.5 Å². The number of fused-ring (bicyclic) bond motifs is 1. The smallest absolute Gasteiger partial charge is 0.237 e. The Kier molecular flexibility index (Phi) is 3.86. The quantitative estimate of drug-likeness (QED) is 0.660. The summed E-state index contributed by atoms with van der Waals surface area (Å²) in [5.74, 6) is 1.77. The van der Waals surface area contributed by atoms with Crippen molar-refractivity contribution < 1.29 is 9.15 Å². The average molecular weight is 304 g/mol. The summed E-state index contributed by atoms with van der Waals surface area (Å²) in [5, 5.41) is 11.4. The number of rotatable bonds is 3. The van der Waals surface area contributed by atoms with Crippen LogP contribution in [0.3, 0.4) is 0 Å². The molecule has 0 saturated heterocycles. The van der Waals surface area contributed by atoms with Gasteiger partial charge in [-0.15, -0.1) is 0 Å². The second-order valence-corrected chi connectivity index (χ2v) is 5.24. The first-order valence-electron chi connectivity index (χ1n) is 7.25. The molecule has 0 aliphatic rings. The molecule has 0 aliphatic heterocycles. The minimum absolute atomic E-state index is 0.331. The van der Waals surface area contributed by atoms with Crippen LogP contribution in [-0.2, 0) is 0 Å². The maximum Gasteiger partial charge on any atom is 0.237 e. The van der Waals surface area contributed by atoms with Gasteiger partial charge < -0.3 is 9.15 Å². The predicted molar refractivity (Wildman–Crippen MR) is 90.7 cm³/mol. The molecule has 1 heterocycles. The highest BCUT2D eigenvalue weighted by Gasteiger charge is 2.13. The van der Waals surface area contributed by atoms with Crippen LogP contribution in [0.5, 0.6) is 5.75 Å². The number of hydrogen-bond acceptors (Lipinski definition) is 4. The van der Waals surface area contributed by atoms with Crippen LogP contribution >= 0.6 is 0 Å². The molecule has 0 radical (unpaired) electrons. The van der Waals surface area contributed by atoms with Crippen LogP contribution in [0.2, 0.25) is 0 Å². The van der Waals surface area contributed by atoms with Crippen LogP contribution in [0.1, 0.15) is 22.5 Å². The van der Waals surface area contributed by atoms with Crippen LogP contribution in [0, 0.1) is 25.2 Å². The third-order valence-corrected chi connectivity index (χ3v) is 3.94. The normalized spacial score (nSPS) is 11.0. The first kappa shape index (κ1) is 14.9. The number of benzene rings is 2. The van der Waals surface area contributed by atoms with Crippen molar-refractivity contribution in [1.82, 2.24) is 0 Å². The largest absolute Gasteiger partial charge is 0.496 e. The van der Waals surface area contributed by atoms with Crippen molar-refractivity contribution in [3.05, 3.63) is 58.8 Å². The van der Waals surface area contributed by atoms with Crippen molar-refractivity contribution in [1.29, 1.82) is 5.26 Å². The number of methoxy groups -OCH3 is 1. The van der Waals surface area contributed by atoms with Crippen molar-refractivity contribution >= 4 is 22.9 Å². The molecule has 0 fully saturated rings. The molecule has 0 atom stereocenters. The summed E-state index contributed by atoms with van der Waals surface area (Å²) in [7, 11) is 1.63. The number of nitriles is 1. The van der Waals surface area contributed by atoms with E-state index in [4.69, 9.17) is 9.15 Å². The Morgan fingerprint density at radius 2 is 1.96 bits per heavy atom. The van der Waals surface area contributed by atoms with Crippen LogP contribution in [-0.4, -0.2) is 13.3 Å². The standard InChI is InChI=1S/C19H16N2O2/c1-12-13(2)23-19(16(12)10-20)21-11-17-15-7-5-4-6-14(15)8-9-18(17)22-3/h4-9,11H,1-3H3. The lowest BCUT2D eigenvalue weighted by Crippen LogP contribution is -1.92. The van der Waals surface area contributed by atoms with E-state index in [1.165, 1.54) is 0 Å². The Bertz CT molecular complexity index is 946. The number of furan rings is 1. The molecular weight excluding hydrogens is 288 g/mol. The van der Waals surface area contributed by atoms with E-state index in [2.05, 4.69) is 11.1 Å². The third-order valence-electron chi connectivity index (χ3n) is 3.94. The lowest BCUT2D eigenvalue weighted by Gasteiger charge is -2.08. The van der Waals surface area contributed by atoms with Gasteiger partial charge in [0.2, 0.25) is 5.88 Å². The summed E-state index contributed by atoms with van der Waals surface area (Å²) in [6.45, 7) is 3.68. The maximum atomic E-state index is 9.27. The average Bonchev–Trinajstić information content (AvgIpc) is 2.86. The molecule has 4 nitrogen and oxygen atoms in total. The zero-order chi connectivity index (χ0) is 16.4. The van der Waals surface area contributed by atoms with E-state index in [1.54, 1.807) is 13.3 Å². The van der Waals surface area contributed by atoms with Crippen molar-refractivity contribution in [2.75, 3.05) is 7.11 Å². The molecule has 23 heavy (non-hydrogen) atoms. The van der Waals surface area contributed by atoms with E-state index < -0.39 is 0 Å². The Morgan fingerprint density at radius 1 is 1.17 bits per heavy atom. The van der Waals surface area contributed by atoms with Crippen LogP contribution < -0.4 is 4.74 Å². The van der Waals surface area contributed by atoms with Gasteiger partial charge in [0.1, 0.15) is 23.1 Å². The number of nitrogens with zero attached hydrogens (tertiary/aromatic N) is 2. The van der Waals surface area contributed by atoms with Crippen LogP contribution in [0.25, 0.3) is 10.8 Å². The lowest BCUT2D eigenvalue weighted by atomic mass is 10.0. The molecule has 3 aromatic rings. The fourth-order valence-electron chi connectivity index (χ4n) is 2.54. The van der Waals surface area contributed by atoms with E-state index in [0.29, 0.717) is 17.2 Å². The van der Waals surface area contributed by atoms with Gasteiger partial charge in [0, 0.05) is 17.3 Å². The Labute approximate surface area is 134 Å². The fourth-order valence-corrected chi connectivity index (χ4v) is 2.54. The van der Waals surface area contributed by atoms with E-state index in [0.717, 1.165) is 27.6 Å². The number of hydrogen-bond donors (Lipinski definition) is 0. The van der Waals surface area contributed by atoms with Crippen LogP contribution in [0.4, 0.5) is 5.88 Å². The van der Waals surface area contributed by atoms with Gasteiger partial charge in [-0.05, 0) is 30.7 Å². The summed E-state index contributed by atoms with van der Waals surface area (Å²) in [4.78, 5) is 4.39. The zero-order valence-electron chi connectivity index (χ0n) is 13.3. The van der Waals surface area contributed by atoms with E-state index >= 15 is 0 Å². The summed E-state index contributed by atoms with van der Waals surface area (Å²) >= 11 is 0. The Balaban J connectivity index is 2.15. The second kappa shape index (κ2) is 5.98. The molecule has 2 aromatic carbocycles. The fraction of sp³-hybridized carbons (Fsp3) is 0.158. The van der Waals surface area contributed by atoms with E-state index in [-0.39, 0.29) is 0 Å². The van der Waals surface area contributed by atoms with E-state index in [1.807, 2.05) is 50.2 Å². The molecule has 0 N–H and O–H groups in total. The van der Waals surface area contributed by atoms with E-state index in [9.17, 15) is 5.26 Å².